The molecule has 6 heteroatoms. The Labute approximate surface area is 142 Å². The minimum absolute atomic E-state index is 0.0223. The van der Waals surface area contributed by atoms with Crippen molar-refractivity contribution in [2.45, 2.75) is 19.8 Å². The van der Waals surface area contributed by atoms with Gasteiger partial charge in [0.15, 0.2) is 0 Å². The maximum atomic E-state index is 12.5. The monoisotopic (exact) mass is 335 g/mol. The van der Waals surface area contributed by atoms with E-state index in [1.807, 2.05) is 37.3 Å². The van der Waals surface area contributed by atoms with Crippen LogP contribution in [0.4, 0.5) is 0 Å². The van der Waals surface area contributed by atoms with Crippen LogP contribution in [0.25, 0.3) is 0 Å². The fraction of sp³-hybridized carbons (Fsp3) is 0.556. The van der Waals surface area contributed by atoms with E-state index in [0.29, 0.717) is 26.0 Å². The lowest BCUT2D eigenvalue weighted by atomic mass is 9.88. The Kier molecular flexibility index (Phi) is 6.20. The van der Waals surface area contributed by atoms with Gasteiger partial charge in [0.25, 0.3) is 0 Å². The lowest BCUT2D eigenvalue weighted by Crippen LogP contribution is -2.41. The second kappa shape index (κ2) is 8.15. The Morgan fingerprint density at radius 2 is 2.04 bits per heavy atom. The third-order valence-electron chi connectivity index (χ3n) is 4.52. The van der Waals surface area contributed by atoms with Gasteiger partial charge in [-0.2, -0.15) is 0 Å². The zero-order chi connectivity index (χ0) is 17.6. The highest BCUT2D eigenvalue weighted by Gasteiger charge is 2.46. The molecule has 1 aliphatic rings. The van der Waals surface area contributed by atoms with Crippen molar-refractivity contribution in [2.75, 3.05) is 33.4 Å². The Morgan fingerprint density at radius 3 is 2.67 bits per heavy atom. The van der Waals surface area contributed by atoms with Gasteiger partial charge in [-0.1, -0.05) is 25.1 Å². The number of hydrogen-bond donors (Lipinski definition) is 1. The maximum absolute atomic E-state index is 12.5. The molecule has 0 radical (unpaired) electrons. The lowest BCUT2D eigenvalue weighted by Gasteiger charge is -2.25. The molecule has 24 heavy (non-hydrogen) atoms. The van der Waals surface area contributed by atoms with Gasteiger partial charge in [-0.25, -0.2) is 0 Å². The summed E-state index contributed by atoms with van der Waals surface area (Å²) in [7, 11) is 1.48. The van der Waals surface area contributed by atoms with Gasteiger partial charge in [-0.05, 0) is 25.0 Å². The number of para-hydroxylation sites is 1. The van der Waals surface area contributed by atoms with Crippen LogP contribution in [0.15, 0.2) is 30.3 Å². The largest absolute Gasteiger partial charge is 0.494 e. The number of carboxylic acids is 1. The van der Waals surface area contributed by atoms with Gasteiger partial charge in [-0.3, -0.25) is 9.59 Å². The van der Waals surface area contributed by atoms with Crippen molar-refractivity contribution in [3.05, 3.63) is 30.3 Å². The van der Waals surface area contributed by atoms with Crippen molar-refractivity contribution in [1.82, 2.24) is 4.90 Å². The lowest BCUT2D eigenvalue weighted by molar-refractivity contribution is -0.151. The van der Waals surface area contributed by atoms with E-state index in [1.165, 1.54) is 7.11 Å². The number of likely N-dealkylation sites (tertiary alicyclic amines) is 1. The third-order valence-corrected chi connectivity index (χ3v) is 4.52. The minimum Gasteiger partial charge on any atom is -0.494 e. The van der Waals surface area contributed by atoms with Crippen molar-refractivity contribution >= 4 is 11.9 Å². The van der Waals surface area contributed by atoms with E-state index in [1.54, 1.807) is 4.90 Å². The van der Waals surface area contributed by atoms with E-state index < -0.39 is 11.4 Å². The number of benzene rings is 1. The van der Waals surface area contributed by atoms with Gasteiger partial charge in [0.05, 0.1) is 13.2 Å². The smallest absolute Gasteiger partial charge is 0.313 e. The second-order valence-corrected chi connectivity index (χ2v) is 6.38. The predicted molar refractivity (Wildman–Crippen MR) is 88.9 cm³/mol. The van der Waals surface area contributed by atoms with Crippen LogP contribution in [0.5, 0.6) is 5.75 Å². The summed E-state index contributed by atoms with van der Waals surface area (Å²) < 4.78 is 10.7. The molecule has 132 valence electrons. The Hall–Kier alpha value is -2.08. The van der Waals surface area contributed by atoms with Crippen LogP contribution >= 0.6 is 0 Å². The highest BCUT2D eigenvalue weighted by Crippen LogP contribution is 2.32. The van der Waals surface area contributed by atoms with E-state index in [0.717, 1.165) is 5.75 Å². The molecule has 1 aliphatic heterocycles. The van der Waals surface area contributed by atoms with Crippen molar-refractivity contribution < 1.29 is 24.2 Å². The van der Waals surface area contributed by atoms with Gasteiger partial charge < -0.3 is 19.5 Å². The number of nitrogens with zero attached hydrogens (tertiary/aromatic N) is 1. The number of methoxy groups -OCH3 is 1. The van der Waals surface area contributed by atoms with Crippen molar-refractivity contribution in [3.63, 3.8) is 0 Å². The minimum atomic E-state index is -0.981. The fourth-order valence-electron chi connectivity index (χ4n) is 3.00. The Morgan fingerprint density at radius 1 is 1.33 bits per heavy atom. The Balaban J connectivity index is 1.84. The quantitative estimate of drug-likeness (QED) is 0.787. The number of carbonyl (C=O) groups excluding carboxylic acids is 1. The maximum Gasteiger partial charge on any atom is 0.313 e. The van der Waals surface area contributed by atoms with Crippen LogP contribution in [0.3, 0.4) is 0 Å². The van der Waals surface area contributed by atoms with Gasteiger partial charge in [0.2, 0.25) is 5.91 Å². The van der Waals surface area contributed by atoms with E-state index in [2.05, 4.69) is 0 Å². The first-order chi connectivity index (χ1) is 11.5. The van der Waals surface area contributed by atoms with Gasteiger partial charge >= 0.3 is 5.97 Å². The van der Waals surface area contributed by atoms with E-state index in [-0.39, 0.29) is 25.0 Å². The SMILES string of the molecule is COCC1(C(=O)O)CCN(C(=O)C(C)CCOc2ccccc2)C1. The molecular weight excluding hydrogens is 310 g/mol. The fourth-order valence-corrected chi connectivity index (χ4v) is 3.00. The number of amides is 1. The summed E-state index contributed by atoms with van der Waals surface area (Å²) in [5.74, 6) is -0.352. The number of hydrogen-bond acceptors (Lipinski definition) is 4. The summed E-state index contributed by atoms with van der Waals surface area (Å²) in [5, 5.41) is 9.46. The molecule has 2 unspecified atom stereocenters. The third kappa shape index (κ3) is 4.26. The molecule has 2 rings (SSSR count). The summed E-state index contributed by atoms with van der Waals surface area (Å²) in [6, 6.07) is 9.46. The van der Waals surface area contributed by atoms with Crippen molar-refractivity contribution in [2.24, 2.45) is 11.3 Å². The zero-order valence-corrected chi connectivity index (χ0v) is 14.2. The van der Waals surface area contributed by atoms with E-state index >= 15 is 0 Å². The molecule has 0 bridgehead atoms. The molecule has 2 atom stereocenters. The number of carbonyl (C=O) groups is 2. The van der Waals surface area contributed by atoms with Crippen LogP contribution in [-0.2, 0) is 14.3 Å². The van der Waals surface area contributed by atoms with Gasteiger partial charge in [0.1, 0.15) is 11.2 Å². The first-order valence-corrected chi connectivity index (χ1v) is 8.17. The molecule has 1 amide bonds. The van der Waals surface area contributed by atoms with Crippen molar-refractivity contribution in [3.8, 4) is 5.75 Å². The number of aliphatic carboxylic acids is 1. The van der Waals surface area contributed by atoms with E-state index in [4.69, 9.17) is 9.47 Å². The molecule has 1 aromatic rings. The molecule has 1 fully saturated rings. The van der Waals surface area contributed by atoms with Gasteiger partial charge in [-0.15, -0.1) is 0 Å². The topological polar surface area (TPSA) is 76.1 Å². The van der Waals surface area contributed by atoms with Crippen LogP contribution < -0.4 is 4.74 Å². The van der Waals surface area contributed by atoms with Crippen LogP contribution in [-0.4, -0.2) is 55.3 Å². The highest BCUT2D eigenvalue weighted by atomic mass is 16.5. The predicted octanol–water partition coefficient (Wildman–Crippen LogP) is 2.04. The molecule has 1 saturated heterocycles. The molecule has 0 saturated carbocycles. The standard InChI is InChI=1S/C18H25NO5/c1-14(8-11-24-15-6-4-3-5-7-15)16(20)19-10-9-18(12-19,13-23-2)17(21)22/h3-7,14H,8-13H2,1-2H3,(H,21,22). The molecule has 0 aromatic heterocycles. The summed E-state index contributed by atoms with van der Waals surface area (Å²) in [6.45, 7) is 3.09. The van der Waals surface area contributed by atoms with E-state index in [9.17, 15) is 14.7 Å². The second-order valence-electron chi connectivity index (χ2n) is 6.38. The molecule has 0 aliphatic carbocycles. The highest BCUT2D eigenvalue weighted by molar-refractivity contribution is 5.82. The summed E-state index contributed by atoms with van der Waals surface area (Å²) in [4.78, 5) is 25.7. The summed E-state index contributed by atoms with van der Waals surface area (Å²) >= 11 is 0. The Bertz CT molecular complexity index is 562. The average Bonchev–Trinajstić information content (AvgIpc) is 3.01. The van der Waals surface area contributed by atoms with Crippen LogP contribution in [0.2, 0.25) is 0 Å². The first-order valence-electron chi connectivity index (χ1n) is 8.17. The zero-order valence-electron chi connectivity index (χ0n) is 14.2. The molecule has 1 N–H and O–H groups in total. The van der Waals surface area contributed by atoms with Crippen molar-refractivity contribution in [1.29, 1.82) is 0 Å². The first kappa shape index (κ1) is 18.3. The van der Waals surface area contributed by atoms with Gasteiger partial charge in [0, 0.05) is 26.1 Å². The number of rotatable bonds is 8. The molecular formula is C18H25NO5. The molecule has 6 nitrogen and oxygen atoms in total. The molecule has 1 aromatic carbocycles. The average molecular weight is 335 g/mol. The summed E-state index contributed by atoms with van der Waals surface area (Å²) in [6.07, 6.45) is 1.02. The normalized spacial score (nSPS) is 21.5. The molecule has 1 heterocycles. The number of ether oxygens (including phenoxy) is 2. The number of carboxylic acid groups (broad SMARTS) is 1. The molecule has 0 spiro atoms. The van der Waals surface area contributed by atoms with Crippen LogP contribution in [0.1, 0.15) is 19.8 Å². The summed E-state index contributed by atoms with van der Waals surface area (Å²) in [5.41, 5.74) is -0.981. The van der Waals surface area contributed by atoms with Crippen LogP contribution in [0, 0.1) is 11.3 Å².